The van der Waals surface area contributed by atoms with Gasteiger partial charge in [-0.3, -0.25) is 24.6 Å². The number of hydrogen-bond acceptors (Lipinski definition) is 9. The Kier molecular flexibility index (Phi) is 8.94. The van der Waals surface area contributed by atoms with Crippen LogP contribution >= 0.6 is 0 Å². The molecular formula is C48H52N6O5. The molecule has 304 valence electrons. The second-order valence-electron chi connectivity index (χ2n) is 18.4. The largest absolute Gasteiger partial charge is 0.508 e. The van der Waals surface area contributed by atoms with E-state index in [9.17, 15) is 19.5 Å². The van der Waals surface area contributed by atoms with Gasteiger partial charge in [0, 0.05) is 68.9 Å². The highest BCUT2D eigenvalue weighted by molar-refractivity contribution is 6.06. The van der Waals surface area contributed by atoms with Crippen molar-refractivity contribution in [2.45, 2.75) is 81.8 Å². The minimum atomic E-state index is -0.631. The summed E-state index contributed by atoms with van der Waals surface area (Å²) < 4.78 is 6.45. The normalized spacial score (nSPS) is 26.4. The zero-order valence-corrected chi connectivity index (χ0v) is 33.5. The molecule has 3 amide bonds. The molecule has 0 radical (unpaired) electrons. The Bertz CT molecular complexity index is 2300. The smallest absolute Gasteiger partial charge is 0.255 e. The number of imide groups is 1. The minimum Gasteiger partial charge on any atom is -0.508 e. The van der Waals surface area contributed by atoms with Gasteiger partial charge in [-0.2, -0.15) is 0 Å². The van der Waals surface area contributed by atoms with E-state index in [2.05, 4.69) is 74.7 Å². The lowest BCUT2D eigenvalue weighted by Crippen LogP contribution is -2.59. The van der Waals surface area contributed by atoms with Gasteiger partial charge < -0.3 is 24.5 Å². The third-order valence-electron chi connectivity index (χ3n) is 15.0. The molecule has 6 heterocycles. The molecule has 59 heavy (non-hydrogen) atoms. The van der Waals surface area contributed by atoms with E-state index in [1.54, 1.807) is 4.90 Å². The number of piperazine rings is 1. The van der Waals surface area contributed by atoms with Crippen LogP contribution in [-0.2, 0) is 22.6 Å². The van der Waals surface area contributed by atoms with Crippen molar-refractivity contribution >= 4 is 29.2 Å². The number of benzene rings is 3. The summed E-state index contributed by atoms with van der Waals surface area (Å²) in [6.45, 7) is 7.05. The molecule has 4 atom stereocenters. The SMILES string of the molecule is O=C1CC[C@H](N2Cc3c(ccc4c3OC[C@H]3CN(CC5CC6(CCN(c7ccc([C@@H]8c9ccc(O)cc9CC[C@@H]8c8ccccc8)cn7)CC6)C5)CCN43)C2=O)C(=O)N1. The molecule has 3 saturated heterocycles. The molecule has 2 N–H and O–H groups in total. The Hall–Kier alpha value is -5.42. The van der Waals surface area contributed by atoms with Crippen molar-refractivity contribution in [1.82, 2.24) is 20.1 Å². The third-order valence-corrected chi connectivity index (χ3v) is 15.0. The molecule has 7 aliphatic rings. The van der Waals surface area contributed by atoms with Gasteiger partial charge >= 0.3 is 0 Å². The topological polar surface area (TPSA) is 119 Å². The van der Waals surface area contributed by atoms with E-state index in [0.717, 1.165) is 80.8 Å². The van der Waals surface area contributed by atoms with Crippen LogP contribution in [0, 0.1) is 11.3 Å². The molecule has 5 aliphatic heterocycles. The Morgan fingerprint density at radius 2 is 1.71 bits per heavy atom. The summed E-state index contributed by atoms with van der Waals surface area (Å²) in [5.41, 5.74) is 8.12. The number of aromatic hydroxyl groups is 1. The number of piperidine rings is 2. The fourth-order valence-corrected chi connectivity index (χ4v) is 12.0. The van der Waals surface area contributed by atoms with E-state index in [-0.39, 0.29) is 30.2 Å². The van der Waals surface area contributed by atoms with Crippen LogP contribution < -0.4 is 19.9 Å². The quantitative estimate of drug-likeness (QED) is 0.227. The first-order chi connectivity index (χ1) is 28.8. The zero-order chi connectivity index (χ0) is 39.8. The molecule has 3 aromatic carbocycles. The van der Waals surface area contributed by atoms with E-state index in [1.165, 1.54) is 47.9 Å². The lowest BCUT2D eigenvalue weighted by atomic mass is 9.57. The maximum Gasteiger partial charge on any atom is 0.255 e. The highest BCUT2D eigenvalue weighted by atomic mass is 16.5. The number of amides is 3. The average molecular weight is 793 g/mol. The number of aromatic nitrogens is 1. The Labute approximate surface area is 345 Å². The predicted molar refractivity (Wildman–Crippen MR) is 224 cm³/mol. The number of hydrogen-bond donors (Lipinski definition) is 2. The maximum absolute atomic E-state index is 13.4. The van der Waals surface area contributed by atoms with Crippen LogP contribution in [0.2, 0.25) is 0 Å². The van der Waals surface area contributed by atoms with Gasteiger partial charge in [-0.15, -0.1) is 0 Å². The molecular weight excluding hydrogens is 741 g/mol. The number of carbonyl (C=O) groups excluding carboxylic acids is 3. The van der Waals surface area contributed by atoms with E-state index >= 15 is 0 Å². The van der Waals surface area contributed by atoms with Gasteiger partial charge in [-0.05, 0) is 115 Å². The number of aryl methyl sites for hydroxylation is 1. The van der Waals surface area contributed by atoms with Crippen LogP contribution in [0.1, 0.15) is 95.0 Å². The van der Waals surface area contributed by atoms with E-state index in [0.29, 0.717) is 42.2 Å². The van der Waals surface area contributed by atoms with Crippen molar-refractivity contribution in [3.63, 3.8) is 0 Å². The predicted octanol–water partition coefficient (Wildman–Crippen LogP) is 5.99. The fraction of sp³-hybridized carbons (Fsp3) is 0.458. The molecule has 11 heteroatoms. The molecule has 1 saturated carbocycles. The summed E-state index contributed by atoms with van der Waals surface area (Å²) in [6.07, 6.45) is 9.77. The summed E-state index contributed by atoms with van der Waals surface area (Å²) in [6, 6.07) is 24.9. The summed E-state index contributed by atoms with van der Waals surface area (Å²) in [7, 11) is 0. The molecule has 1 spiro atoms. The zero-order valence-electron chi connectivity index (χ0n) is 33.5. The summed E-state index contributed by atoms with van der Waals surface area (Å²) in [5, 5.41) is 12.6. The molecule has 11 nitrogen and oxygen atoms in total. The number of phenolic OH excluding ortho intramolecular Hbond substituents is 1. The van der Waals surface area contributed by atoms with E-state index in [4.69, 9.17) is 9.72 Å². The summed E-state index contributed by atoms with van der Waals surface area (Å²) in [5.74, 6) is 2.67. The van der Waals surface area contributed by atoms with Crippen LogP contribution in [0.4, 0.5) is 11.5 Å². The first-order valence-corrected chi connectivity index (χ1v) is 21.8. The first-order valence-electron chi connectivity index (χ1n) is 21.8. The summed E-state index contributed by atoms with van der Waals surface area (Å²) >= 11 is 0. The average Bonchev–Trinajstić information content (AvgIpc) is 3.58. The van der Waals surface area contributed by atoms with Crippen molar-refractivity contribution in [2.75, 3.05) is 55.7 Å². The maximum atomic E-state index is 13.4. The number of anilines is 2. The van der Waals surface area contributed by atoms with Gasteiger partial charge in [0.05, 0.1) is 18.3 Å². The Morgan fingerprint density at radius 3 is 2.51 bits per heavy atom. The fourth-order valence-electron chi connectivity index (χ4n) is 12.0. The molecule has 1 aromatic heterocycles. The first kappa shape index (κ1) is 36.6. The lowest BCUT2D eigenvalue weighted by molar-refractivity contribution is -0.136. The van der Waals surface area contributed by atoms with E-state index in [1.807, 2.05) is 24.3 Å². The Morgan fingerprint density at radius 1 is 0.864 bits per heavy atom. The van der Waals surface area contributed by atoms with E-state index < -0.39 is 11.9 Å². The van der Waals surface area contributed by atoms with Gasteiger partial charge in [0.25, 0.3) is 5.91 Å². The number of pyridine rings is 1. The number of carbonyl (C=O) groups is 3. The van der Waals surface area contributed by atoms with Gasteiger partial charge in [-0.1, -0.05) is 42.5 Å². The standard InChI is InChI=1S/C48H52N6O5/c55-35-8-10-37-32(22-35)6-9-36(31-4-2-1-3-5-31)44(37)33-7-14-42(49-25-33)52-18-16-48(17-19-52)23-30(24-48)26-51-20-21-53-34(27-51)29-59-45-39-28-54(41-13-15-43(56)50-46(41)57)47(58)38(39)11-12-40(45)53/h1-5,7-8,10-12,14,22,25,30,34,36,41,44,55H,6,9,13,15-21,23-24,26-29H2,(H,50,56,57)/t34-,36-,41+,44+/m1/s1. The van der Waals surface area contributed by atoms with Gasteiger partial charge in [0.2, 0.25) is 11.8 Å². The lowest BCUT2D eigenvalue weighted by Gasteiger charge is -2.54. The van der Waals surface area contributed by atoms with Crippen molar-refractivity contribution in [3.05, 3.63) is 112 Å². The van der Waals surface area contributed by atoms with Crippen LogP contribution in [0.25, 0.3) is 0 Å². The van der Waals surface area contributed by atoms with Gasteiger partial charge in [-0.25, -0.2) is 4.98 Å². The molecule has 2 aliphatic carbocycles. The Balaban J connectivity index is 0.688. The number of ether oxygens (including phenoxy) is 1. The number of nitrogens with zero attached hydrogens (tertiary/aromatic N) is 5. The van der Waals surface area contributed by atoms with Gasteiger partial charge in [0.1, 0.15) is 30.0 Å². The van der Waals surface area contributed by atoms with Crippen molar-refractivity contribution in [1.29, 1.82) is 0 Å². The monoisotopic (exact) mass is 792 g/mol. The molecule has 11 rings (SSSR count). The number of fused-ring (bicyclic) bond motifs is 6. The van der Waals surface area contributed by atoms with Crippen LogP contribution in [0.5, 0.6) is 11.5 Å². The molecule has 0 unspecified atom stereocenters. The minimum absolute atomic E-state index is 0.162. The number of rotatable bonds is 6. The van der Waals surface area contributed by atoms with Crippen LogP contribution in [-0.4, -0.2) is 95.6 Å². The molecule has 0 bridgehead atoms. The number of phenols is 1. The third kappa shape index (κ3) is 6.44. The highest BCUT2D eigenvalue weighted by Crippen LogP contribution is 2.54. The van der Waals surface area contributed by atoms with Crippen LogP contribution in [0.3, 0.4) is 0 Å². The van der Waals surface area contributed by atoms with Crippen molar-refractivity contribution < 1.29 is 24.2 Å². The molecule has 4 fully saturated rings. The highest BCUT2D eigenvalue weighted by Gasteiger charge is 2.48. The van der Waals surface area contributed by atoms with Crippen molar-refractivity contribution in [2.24, 2.45) is 11.3 Å². The van der Waals surface area contributed by atoms with Crippen LogP contribution in [0.15, 0.2) is 79.0 Å². The van der Waals surface area contributed by atoms with Crippen molar-refractivity contribution in [3.8, 4) is 11.5 Å². The van der Waals surface area contributed by atoms with Gasteiger partial charge in [0.15, 0.2) is 0 Å². The number of nitrogens with one attached hydrogen (secondary N) is 1. The summed E-state index contributed by atoms with van der Waals surface area (Å²) in [4.78, 5) is 52.0. The molecule has 4 aromatic rings. The second kappa shape index (κ2) is 14.4. The second-order valence-corrected chi connectivity index (χ2v) is 18.4.